The van der Waals surface area contributed by atoms with E-state index in [1.807, 2.05) is 89.1 Å². The van der Waals surface area contributed by atoms with Gasteiger partial charge in [0.1, 0.15) is 11.5 Å². The number of guanidine groups is 1. The van der Waals surface area contributed by atoms with Crippen molar-refractivity contribution in [2.45, 2.75) is 13.1 Å². The number of hydrogen-bond donors (Lipinski definition) is 2. The fourth-order valence-electron chi connectivity index (χ4n) is 4.08. The first-order valence-electron chi connectivity index (χ1n) is 10.4. The SMILES string of the molecule is Cc1ccc(-c2nn(-c3ccccc3)cc2C2N=C(NC=O)Nc3nc4ccccc4n32)o1. The maximum Gasteiger partial charge on any atom is 0.213 e. The summed E-state index contributed by atoms with van der Waals surface area (Å²) in [5.74, 6) is 2.32. The van der Waals surface area contributed by atoms with Crippen LogP contribution in [0.4, 0.5) is 5.95 Å². The van der Waals surface area contributed by atoms with Crippen molar-refractivity contribution in [1.82, 2.24) is 24.6 Å². The number of anilines is 1. The Morgan fingerprint density at radius 1 is 1.06 bits per heavy atom. The molecule has 0 saturated carbocycles. The molecule has 162 valence electrons. The molecule has 0 radical (unpaired) electrons. The number of hydrogen-bond acceptors (Lipinski definition) is 6. The summed E-state index contributed by atoms with van der Waals surface area (Å²) in [5.41, 5.74) is 4.11. The maximum absolute atomic E-state index is 11.2. The molecule has 9 nitrogen and oxygen atoms in total. The first-order valence-corrected chi connectivity index (χ1v) is 10.4. The minimum Gasteiger partial charge on any atom is -0.460 e. The number of amides is 1. The third kappa shape index (κ3) is 3.18. The van der Waals surface area contributed by atoms with Gasteiger partial charge in [0.15, 0.2) is 11.9 Å². The standard InChI is InChI=1S/C24H19N7O2/c1-15-11-12-20(33-15)21-17(13-30(29-21)16-7-3-2-4-8-16)22-27-23(25-14-32)28-24-26-18-9-5-6-10-19(18)31(22)24/h2-14,22H,1H3,(H2,25,26,27,28,32). The van der Waals surface area contributed by atoms with E-state index in [-0.39, 0.29) is 0 Å². The first-order chi connectivity index (χ1) is 16.2. The summed E-state index contributed by atoms with van der Waals surface area (Å²) in [5, 5.41) is 10.6. The van der Waals surface area contributed by atoms with Gasteiger partial charge in [0, 0.05) is 11.8 Å². The van der Waals surface area contributed by atoms with Crippen molar-refractivity contribution in [2.24, 2.45) is 4.99 Å². The zero-order chi connectivity index (χ0) is 22.4. The van der Waals surface area contributed by atoms with E-state index in [2.05, 4.69) is 10.6 Å². The summed E-state index contributed by atoms with van der Waals surface area (Å²) in [6.45, 7) is 1.90. The van der Waals surface area contributed by atoms with Gasteiger partial charge in [0.25, 0.3) is 0 Å². The summed E-state index contributed by atoms with van der Waals surface area (Å²) in [4.78, 5) is 20.7. The van der Waals surface area contributed by atoms with Crippen LogP contribution in [0.1, 0.15) is 17.5 Å². The Balaban J connectivity index is 1.60. The molecule has 0 saturated heterocycles. The van der Waals surface area contributed by atoms with Crippen molar-refractivity contribution < 1.29 is 9.21 Å². The molecule has 1 aliphatic rings. The van der Waals surface area contributed by atoms with Crippen LogP contribution in [0.2, 0.25) is 0 Å². The first kappa shape index (κ1) is 19.1. The van der Waals surface area contributed by atoms with Crippen molar-refractivity contribution >= 4 is 29.4 Å². The number of aliphatic imine (C=N–C) groups is 1. The molecule has 6 rings (SSSR count). The van der Waals surface area contributed by atoms with Crippen molar-refractivity contribution in [3.63, 3.8) is 0 Å². The molecule has 1 aliphatic heterocycles. The van der Waals surface area contributed by atoms with E-state index >= 15 is 0 Å². The van der Waals surface area contributed by atoms with Gasteiger partial charge in [-0.15, -0.1) is 0 Å². The second-order valence-electron chi connectivity index (χ2n) is 7.66. The van der Waals surface area contributed by atoms with E-state index in [0.717, 1.165) is 28.0 Å². The maximum atomic E-state index is 11.2. The molecule has 1 unspecified atom stereocenters. The topological polar surface area (TPSA) is 102 Å². The number of furan rings is 1. The highest BCUT2D eigenvalue weighted by Gasteiger charge is 2.30. The van der Waals surface area contributed by atoms with E-state index in [9.17, 15) is 4.79 Å². The third-order valence-electron chi connectivity index (χ3n) is 5.53. The molecule has 4 heterocycles. The summed E-state index contributed by atoms with van der Waals surface area (Å²) in [6, 6.07) is 21.5. The Bertz CT molecular complexity index is 1510. The number of benzene rings is 2. The molecular weight excluding hydrogens is 418 g/mol. The molecule has 33 heavy (non-hydrogen) atoms. The smallest absolute Gasteiger partial charge is 0.213 e. The van der Waals surface area contributed by atoms with Crippen LogP contribution in [-0.2, 0) is 4.79 Å². The lowest BCUT2D eigenvalue weighted by Gasteiger charge is -2.24. The van der Waals surface area contributed by atoms with Crippen molar-refractivity contribution in [2.75, 3.05) is 5.32 Å². The van der Waals surface area contributed by atoms with E-state index in [4.69, 9.17) is 19.5 Å². The second kappa shape index (κ2) is 7.49. The van der Waals surface area contributed by atoms with Gasteiger partial charge in [-0.1, -0.05) is 30.3 Å². The molecule has 0 spiro atoms. The Morgan fingerprint density at radius 2 is 1.88 bits per heavy atom. The summed E-state index contributed by atoms with van der Waals surface area (Å²) >= 11 is 0. The van der Waals surface area contributed by atoms with Gasteiger partial charge in [-0.25, -0.2) is 14.7 Å². The Hall–Kier alpha value is -4.66. The number of para-hydroxylation sites is 3. The Kier molecular flexibility index (Phi) is 4.32. The number of aryl methyl sites for hydroxylation is 1. The molecule has 1 atom stereocenters. The minimum atomic E-state index is -0.533. The fraction of sp³-hybridized carbons (Fsp3) is 0.0833. The lowest BCUT2D eigenvalue weighted by Crippen LogP contribution is -2.35. The molecule has 0 bridgehead atoms. The highest BCUT2D eigenvalue weighted by atomic mass is 16.3. The largest absolute Gasteiger partial charge is 0.460 e. The van der Waals surface area contributed by atoms with Crippen LogP contribution in [0.5, 0.6) is 0 Å². The molecular formula is C24H19N7O2. The van der Waals surface area contributed by atoms with Crippen LogP contribution in [-0.4, -0.2) is 31.7 Å². The number of imidazole rings is 1. The number of nitrogens with zero attached hydrogens (tertiary/aromatic N) is 5. The lowest BCUT2D eigenvalue weighted by molar-refractivity contribution is -0.108. The molecule has 2 aromatic carbocycles. The van der Waals surface area contributed by atoms with Crippen LogP contribution >= 0.6 is 0 Å². The zero-order valence-electron chi connectivity index (χ0n) is 17.6. The fourth-order valence-corrected chi connectivity index (χ4v) is 4.08. The molecule has 2 N–H and O–H groups in total. The van der Waals surface area contributed by atoms with Crippen molar-refractivity contribution in [3.8, 4) is 17.1 Å². The molecule has 0 fully saturated rings. The zero-order valence-corrected chi connectivity index (χ0v) is 17.6. The van der Waals surface area contributed by atoms with Gasteiger partial charge in [0.05, 0.1) is 16.7 Å². The highest BCUT2D eigenvalue weighted by molar-refractivity contribution is 6.00. The third-order valence-corrected chi connectivity index (χ3v) is 5.53. The minimum absolute atomic E-state index is 0.312. The van der Waals surface area contributed by atoms with Gasteiger partial charge in [-0.3, -0.25) is 20.0 Å². The quantitative estimate of drug-likeness (QED) is 0.416. The van der Waals surface area contributed by atoms with Crippen LogP contribution in [0, 0.1) is 6.92 Å². The normalized spacial score (nSPS) is 15.1. The number of nitrogens with one attached hydrogen (secondary N) is 2. The molecule has 0 aliphatic carbocycles. The van der Waals surface area contributed by atoms with Crippen LogP contribution in [0.3, 0.4) is 0 Å². The molecule has 5 aromatic rings. The monoisotopic (exact) mass is 437 g/mol. The van der Waals surface area contributed by atoms with Crippen LogP contribution in [0.25, 0.3) is 28.2 Å². The van der Waals surface area contributed by atoms with E-state index in [1.54, 1.807) is 0 Å². The van der Waals surface area contributed by atoms with E-state index in [1.165, 1.54) is 0 Å². The summed E-state index contributed by atoms with van der Waals surface area (Å²) in [6.07, 6.45) is 2.00. The summed E-state index contributed by atoms with van der Waals surface area (Å²) in [7, 11) is 0. The predicted octanol–water partition coefficient (Wildman–Crippen LogP) is 3.86. The number of rotatable bonds is 4. The van der Waals surface area contributed by atoms with E-state index < -0.39 is 6.17 Å². The average Bonchev–Trinajstić information content (AvgIpc) is 3.55. The van der Waals surface area contributed by atoms with Crippen LogP contribution in [0.15, 0.2) is 82.3 Å². The lowest BCUT2D eigenvalue weighted by atomic mass is 10.1. The van der Waals surface area contributed by atoms with Crippen molar-refractivity contribution in [3.05, 3.63) is 84.3 Å². The van der Waals surface area contributed by atoms with Gasteiger partial charge in [-0.05, 0) is 43.3 Å². The number of carbonyl (C=O) groups is 1. The number of aromatic nitrogens is 4. The predicted molar refractivity (Wildman–Crippen MR) is 124 cm³/mol. The van der Waals surface area contributed by atoms with Crippen molar-refractivity contribution in [1.29, 1.82) is 0 Å². The van der Waals surface area contributed by atoms with Crippen LogP contribution < -0.4 is 10.6 Å². The highest BCUT2D eigenvalue weighted by Crippen LogP contribution is 2.37. The number of carbonyl (C=O) groups excluding carboxylic acids is 1. The second-order valence-corrected chi connectivity index (χ2v) is 7.66. The molecule has 3 aromatic heterocycles. The Labute approximate surface area is 188 Å². The van der Waals surface area contributed by atoms with Gasteiger partial charge in [-0.2, -0.15) is 5.10 Å². The number of fused-ring (bicyclic) bond motifs is 3. The van der Waals surface area contributed by atoms with Gasteiger partial charge < -0.3 is 4.42 Å². The van der Waals surface area contributed by atoms with Gasteiger partial charge >= 0.3 is 0 Å². The average molecular weight is 437 g/mol. The van der Waals surface area contributed by atoms with Gasteiger partial charge in [0.2, 0.25) is 18.3 Å². The summed E-state index contributed by atoms with van der Waals surface area (Å²) < 4.78 is 9.75. The Morgan fingerprint density at radius 3 is 2.67 bits per heavy atom. The molecule has 9 heteroatoms. The molecule has 1 amide bonds. The van der Waals surface area contributed by atoms with E-state index in [0.29, 0.717) is 29.8 Å².